The summed E-state index contributed by atoms with van der Waals surface area (Å²) in [6.45, 7) is 2.34. The van der Waals surface area contributed by atoms with Gasteiger partial charge in [0, 0.05) is 31.6 Å². The van der Waals surface area contributed by atoms with E-state index in [1.807, 2.05) is 61.1 Å². The summed E-state index contributed by atoms with van der Waals surface area (Å²) in [4.78, 5) is 13.4. The largest absolute Gasteiger partial charge is 0.378 e. The molecule has 1 aromatic carbocycles. The van der Waals surface area contributed by atoms with Gasteiger partial charge in [0.1, 0.15) is 0 Å². The van der Waals surface area contributed by atoms with Crippen molar-refractivity contribution in [2.24, 2.45) is 7.05 Å². The van der Waals surface area contributed by atoms with Crippen LogP contribution in [0.25, 0.3) is 17.0 Å². The van der Waals surface area contributed by atoms with E-state index in [9.17, 15) is 0 Å². The lowest BCUT2D eigenvalue weighted by atomic mass is 10.2. The molecule has 3 heterocycles. The zero-order chi connectivity index (χ0) is 18.8. The molecule has 0 saturated carbocycles. The molecule has 0 atom stereocenters. The number of aryl methyl sites for hydroxylation is 2. The molecule has 0 saturated heterocycles. The van der Waals surface area contributed by atoms with Crippen molar-refractivity contribution < 1.29 is 4.74 Å². The van der Waals surface area contributed by atoms with E-state index in [1.165, 1.54) is 0 Å². The third kappa shape index (κ3) is 3.43. The van der Waals surface area contributed by atoms with Crippen LogP contribution in [0.5, 0.6) is 0 Å². The predicted octanol–water partition coefficient (Wildman–Crippen LogP) is 2.38. The van der Waals surface area contributed by atoms with Crippen molar-refractivity contribution in [2.75, 3.05) is 7.11 Å². The fourth-order valence-electron chi connectivity index (χ4n) is 2.81. The highest BCUT2D eigenvalue weighted by atomic mass is 16.5. The van der Waals surface area contributed by atoms with Gasteiger partial charge >= 0.3 is 0 Å². The van der Waals surface area contributed by atoms with E-state index < -0.39 is 0 Å². The van der Waals surface area contributed by atoms with Crippen LogP contribution < -0.4 is 0 Å². The molecule has 27 heavy (non-hydrogen) atoms. The molecule has 0 radical (unpaired) electrons. The molecule has 0 aliphatic heterocycles. The summed E-state index contributed by atoms with van der Waals surface area (Å²) in [6.07, 6.45) is 1.96. The monoisotopic (exact) mass is 358 g/mol. The van der Waals surface area contributed by atoms with Crippen molar-refractivity contribution in [3.8, 4) is 23.1 Å². The molecule has 3 aromatic heterocycles. The lowest BCUT2D eigenvalue weighted by Gasteiger charge is -2.02. The Morgan fingerprint density at radius 3 is 2.67 bits per heavy atom. The summed E-state index contributed by atoms with van der Waals surface area (Å²) in [6, 6.07) is 11.9. The van der Waals surface area contributed by atoms with Crippen LogP contribution in [-0.2, 0) is 18.4 Å². The summed E-state index contributed by atoms with van der Waals surface area (Å²) in [5, 5.41) is 4.43. The molecule has 0 amide bonds. The van der Waals surface area contributed by atoms with Gasteiger partial charge in [-0.3, -0.25) is 0 Å². The number of methoxy groups -OCH3 is 1. The minimum absolute atomic E-state index is 0.398. The smallest absolute Gasteiger partial charge is 0.253 e. The SMILES string of the molecule is COCc1cc(C)nc2nc(C#Cc3nc(-c4ccccc4)cn3C)nn12. The second kappa shape index (κ2) is 7.02. The molecular formula is C20H18N6O. The number of ether oxygens (including phenoxy) is 1. The predicted molar refractivity (Wildman–Crippen MR) is 101 cm³/mol. The number of benzene rings is 1. The first-order valence-electron chi connectivity index (χ1n) is 8.47. The van der Waals surface area contributed by atoms with E-state index in [0.717, 1.165) is 22.6 Å². The zero-order valence-corrected chi connectivity index (χ0v) is 15.3. The maximum absolute atomic E-state index is 5.22. The van der Waals surface area contributed by atoms with Crippen molar-refractivity contribution in [3.63, 3.8) is 0 Å². The minimum atomic E-state index is 0.398. The standard InChI is InChI=1S/C20H18N6O/c1-14-11-16(13-27-3)26-20(21-14)23-18(24-26)9-10-19-22-17(12-25(19)2)15-7-5-4-6-8-15/h4-8,11-12H,13H2,1-3H3. The number of rotatable bonds is 3. The van der Waals surface area contributed by atoms with E-state index in [1.54, 1.807) is 11.6 Å². The molecule has 0 aliphatic rings. The first-order chi connectivity index (χ1) is 13.1. The fraction of sp³-hybridized carbons (Fsp3) is 0.200. The van der Waals surface area contributed by atoms with Gasteiger partial charge in [-0.1, -0.05) is 30.3 Å². The highest BCUT2D eigenvalue weighted by molar-refractivity contribution is 5.59. The minimum Gasteiger partial charge on any atom is -0.378 e. The van der Waals surface area contributed by atoms with Gasteiger partial charge in [0.25, 0.3) is 5.78 Å². The Labute approximate surface area is 156 Å². The van der Waals surface area contributed by atoms with Gasteiger partial charge < -0.3 is 9.30 Å². The first kappa shape index (κ1) is 16.9. The highest BCUT2D eigenvalue weighted by Gasteiger charge is 2.09. The average Bonchev–Trinajstić information content (AvgIpc) is 3.24. The molecule has 4 aromatic rings. The third-order valence-electron chi connectivity index (χ3n) is 4.04. The maximum atomic E-state index is 5.22. The van der Waals surface area contributed by atoms with Crippen molar-refractivity contribution in [1.82, 2.24) is 29.1 Å². The van der Waals surface area contributed by atoms with Crippen molar-refractivity contribution in [1.29, 1.82) is 0 Å². The number of nitrogens with zero attached hydrogens (tertiary/aromatic N) is 6. The van der Waals surface area contributed by atoms with Crippen LogP contribution in [-0.4, -0.2) is 36.2 Å². The Morgan fingerprint density at radius 1 is 1.07 bits per heavy atom. The summed E-state index contributed by atoms with van der Waals surface area (Å²) >= 11 is 0. The summed E-state index contributed by atoms with van der Waals surface area (Å²) in [7, 11) is 3.56. The van der Waals surface area contributed by atoms with Crippen molar-refractivity contribution >= 4 is 5.78 Å². The number of hydrogen-bond donors (Lipinski definition) is 0. The third-order valence-corrected chi connectivity index (χ3v) is 4.04. The van der Waals surface area contributed by atoms with Crippen molar-refractivity contribution in [3.05, 3.63) is 65.6 Å². The maximum Gasteiger partial charge on any atom is 0.253 e. The Morgan fingerprint density at radius 2 is 1.89 bits per heavy atom. The quantitative estimate of drug-likeness (QED) is 0.526. The lowest BCUT2D eigenvalue weighted by molar-refractivity contribution is 0.179. The van der Waals surface area contributed by atoms with Crippen LogP contribution in [0.1, 0.15) is 23.0 Å². The fourth-order valence-corrected chi connectivity index (χ4v) is 2.81. The summed E-state index contributed by atoms with van der Waals surface area (Å²) < 4.78 is 8.78. The summed E-state index contributed by atoms with van der Waals surface area (Å²) in [5.41, 5.74) is 3.67. The van der Waals surface area contributed by atoms with E-state index in [0.29, 0.717) is 24.0 Å². The number of hydrogen-bond acceptors (Lipinski definition) is 5. The second-order valence-electron chi connectivity index (χ2n) is 6.15. The van der Waals surface area contributed by atoms with E-state index in [-0.39, 0.29) is 0 Å². The van der Waals surface area contributed by atoms with Gasteiger partial charge in [0.2, 0.25) is 5.82 Å². The van der Waals surface area contributed by atoms with Gasteiger partial charge in [0.15, 0.2) is 5.82 Å². The molecule has 0 fully saturated rings. The van der Waals surface area contributed by atoms with Gasteiger partial charge in [-0.25, -0.2) is 9.97 Å². The number of fused-ring (bicyclic) bond motifs is 1. The number of imidazole rings is 1. The first-order valence-corrected chi connectivity index (χ1v) is 8.47. The highest BCUT2D eigenvalue weighted by Crippen LogP contribution is 2.17. The average molecular weight is 358 g/mol. The molecule has 7 heteroatoms. The van der Waals surface area contributed by atoms with Gasteiger partial charge in [-0.15, -0.1) is 5.10 Å². The van der Waals surface area contributed by atoms with Gasteiger partial charge in [-0.2, -0.15) is 9.50 Å². The lowest BCUT2D eigenvalue weighted by Crippen LogP contribution is -2.03. The number of aromatic nitrogens is 6. The van der Waals surface area contributed by atoms with Crippen LogP contribution in [0.4, 0.5) is 0 Å². The Hall–Kier alpha value is -3.50. The van der Waals surface area contributed by atoms with Crippen LogP contribution in [0, 0.1) is 18.8 Å². The van der Waals surface area contributed by atoms with E-state index in [4.69, 9.17) is 4.74 Å². The van der Waals surface area contributed by atoms with Crippen molar-refractivity contribution in [2.45, 2.75) is 13.5 Å². The molecule has 0 aliphatic carbocycles. The topological polar surface area (TPSA) is 70.1 Å². The molecule has 0 spiro atoms. The molecule has 0 N–H and O–H groups in total. The van der Waals surface area contributed by atoms with E-state index in [2.05, 4.69) is 31.9 Å². The molecule has 7 nitrogen and oxygen atoms in total. The Kier molecular flexibility index (Phi) is 4.40. The Balaban J connectivity index is 1.69. The Bertz CT molecular complexity index is 1160. The van der Waals surface area contributed by atoms with E-state index >= 15 is 0 Å². The second-order valence-corrected chi connectivity index (χ2v) is 6.15. The molecule has 0 bridgehead atoms. The van der Waals surface area contributed by atoms with Crippen LogP contribution >= 0.6 is 0 Å². The molecule has 4 rings (SSSR count). The van der Waals surface area contributed by atoms with Crippen LogP contribution in [0.2, 0.25) is 0 Å². The van der Waals surface area contributed by atoms with Gasteiger partial charge in [0.05, 0.1) is 18.0 Å². The molecular weight excluding hydrogens is 340 g/mol. The zero-order valence-electron chi connectivity index (χ0n) is 15.3. The normalized spacial score (nSPS) is 10.8. The van der Waals surface area contributed by atoms with Crippen LogP contribution in [0.3, 0.4) is 0 Å². The summed E-state index contributed by atoms with van der Waals surface area (Å²) in [5.74, 6) is 7.59. The molecule has 134 valence electrons. The van der Waals surface area contributed by atoms with Crippen LogP contribution in [0.15, 0.2) is 42.6 Å². The molecule has 0 unspecified atom stereocenters. The van der Waals surface area contributed by atoms with Gasteiger partial charge in [-0.05, 0) is 24.8 Å².